The Morgan fingerprint density at radius 1 is 1.00 bits per heavy atom. The Balaban J connectivity index is 4.30. The molecule has 0 amide bonds. The highest BCUT2D eigenvalue weighted by atomic mass is 28.4. The van der Waals surface area contributed by atoms with Crippen molar-refractivity contribution in [3.63, 3.8) is 0 Å². The SMILES string of the molecule is CCC(O[Si](C)(C)CC)[Si](C)(C)C. The molecule has 0 bridgehead atoms. The lowest BCUT2D eigenvalue weighted by Crippen LogP contribution is -2.46. The Kier molecular flexibility index (Phi) is 4.90. The Labute approximate surface area is 86.0 Å². The van der Waals surface area contributed by atoms with E-state index in [1.54, 1.807) is 0 Å². The van der Waals surface area contributed by atoms with Crippen molar-refractivity contribution >= 4 is 16.4 Å². The molecule has 0 aliphatic carbocycles. The summed E-state index contributed by atoms with van der Waals surface area (Å²) in [5.74, 6) is 0. The zero-order chi connectivity index (χ0) is 10.7. The fourth-order valence-corrected chi connectivity index (χ4v) is 6.04. The molecule has 0 aromatic rings. The second kappa shape index (κ2) is 4.76. The maximum atomic E-state index is 6.30. The van der Waals surface area contributed by atoms with Crippen LogP contribution in [0.2, 0.25) is 38.8 Å². The lowest BCUT2D eigenvalue weighted by Gasteiger charge is -2.35. The van der Waals surface area contributed by atoms with Gasteiger partial charge in [-0.05, 0) is 25.6 Å². The first kappa shape index (κ1) is 13.4. The maximum absolute atomic E-state index is 6.30. The van der Waals surface area contributed by atoms with Crippen LogP contribution in [0.3, 0.4) is 0 Å². The summed E-state index contributed by atoms with van der Waals surface area (Å²) in [6.45, 7) is 16.4. The van der Waals surface area contributed by atoms with E-state index in [4.69, 9.17) is 4.43 Å². The molecule has 13 heavy (non-hydrogen) atoms. The van der Waals surface area contributed by atoms with Crippen molar-refractivity contribution in [2.45, 2.75) is 64.8 Å². The molecule has 0 aliphatic rings. The molecule has 0 saturated carbocycles. The van der Waals surface area contributed by atoms with Crippen LogP contribution in [0, 0.1) is 0 Å². The lowest BCUT2D eigenvalue weighted by molar-refractivity contribution is 0.254. The van der Waals surface area contributed by atoms with Crippen molar-refractivity contribution in [3.8, 4) is 0 Å². The van der Waals surface area contributed by atoms with Gasteiger partial charge in [-0.2, -0.15) is 0 Å². The van der Waals surface area contributed by atoms with Gasteiger partial charge in [-0.1, -0.05) is 33.5 Å². The topological polar surface area (TPSA) is 9.23 Å². The fourth-order valence-electron chi connectivity index (χ4n) is 1.34. The summed E-state index contributed by atoms with van der Waals surface area (Å²) in [5.41, 5.74) is 0.564. The van der Waals surface area contributed by atoms with Crippen LogP contribution in [-0.4, -0.2) is 22.1 Å². The maximum Gasteiger partial charge on any atom is 0.186 e. The monoisotopic (exact) mass is 218 g/mol. The van der Waals surface area contributed by atoms with Crippen molar-refractivity contribution in [1.82, 2.24) is 0 Å². The summed E-state index contributed by atoms with van der Waals surface area (Å²) in [6, 6.07) is 1.23. The van der Waals surface area contributed by atoms with Crippen molar-refractivity contribution in [1.29, 1.82) is 0 Å². The van der Waals surface area contributed by atoms with Gasteiger partial charge < -0.3 is 4.43 Å². The van der Waals surface area contributed by atoms with E-state index < -0.39 is 16.4 Å². The highest BCUT2D eigenvalue weighted by Crippen LogP contribution is 2.21. The van der Waals surface area contributed by atoms with Gasteiger partial charge in [0.2, 0.25) is 0 Å². The first-order valence-electron chi connectivity index (χ1n) is 5.40. The molecule has 0 saturated heterocycles. The van der Waals surface area contributed by atoms with Crippen molar-refractivity contribution in [3.05, 3.63) is 0 Å². The Morgan fingerprint density at radius 2 is 1.46 bits per heavy atom. The molecule has 0 spiro atoms. The van der Waals surface area contributed by atoms with Gasteiger partial charge in [0.15, 0.2) is 8.32 Å². The first-order valence-corrected chi connectivity index (χ1v) is 12.1. The molecule has 80 valence electrons. The Morgan fingerprint density at radius 3 is 1.69 bits per heavy atom. The first-order chi connectivity index (χ1) is 5.73. The minimum Gasteiger partial charge on any atom is -0.418 e. The lowest BCUT2D eigenvalue weighted by atomic mass is 10.5. The van der Waals surface area contributed by atoms with E-state index in [2.05, 4.69) is 46.6 Å². The molecule has 3 heteroatoms. The van der Waals surface area contributed by atoms with Gasteiger partial charge >= 0.3 is 0 Å². The van der Waals surface area contributed by atoms with Crippen LogP contribution in [0.5, 0.6) is 0 Å². The molecule has 0 aromatic carbocycles. The third-order valence-electron chi connectivity index (χ3n) is 2.65. The summed E-state index contributed by atoms with van der Waals surface area (Å²) >= 11 is 0. The summed E-state index contributed by atoms with van der Waals surface area (Å²) < 4.78 is 6.30. The normalized spacial score (nSPS) is 15.9. The van der Waals surface area contributed by atoms with Crippen molar-refractivity contribution in [2.75, 3.05) is 0 Å². The van der Waals surface area contributed by atoms with E-state index in [1.165, 1.54) is 12.5 Å². The van der Waals surface area contributed by atoms with Crippen LogP contribution >= 0.6 is 0 Å². The summed E-state index contributed by atoms with van der Waals surface area (Å²) in [6.07, 6.45) is 1.19. The molecular weight excluding hydrogens is 192 g/mol. The average Bonchev–Trinajstić information content (AvgIpc) is 1.98. The molecule has 1 atom stereocenters. The average molecular weight is 218 g/mol. The third kappa shape index (κ3) is 4.98. The molecule has 0 radical (unpaired) electrons. The second-order valence-electron chi connectivity index (χ2n) is 5.49. The van der Waals surface area contributed by atoms with Crippen LogP contribution < -0.4 is 0 Å². The third-order valence-corrected chi connectivity index (χ3v) is 7.97. The molecule has 0 rings (SSSR count). The fraction of sp³-hybridized carbons (Fsp3) is 1.00. The summed E-state index contributed by atoms with van der Waals surface area (Å²) in [7, 11) is -2.44. The van der Waals surface area contributed by atoms with E-state index in [0.29, 0.717) is 5.73 Å². The van der Waals surface area contributed by atoms with Gasteiger partial charge in [-0.3, -0.25) is 0 Å². The molecule has 0 fully saturated rings. The van der Waals surface area contributed by atoms with E-state index in [9.17, 15) is 0 Å². The van der Waals surface area contributed by atoms with Gasteiger partial charge in [0.1, 0.15) is 0 Å². The van der Waals surface area contributed by atoms with Gasteiger partial charge in [0, 0.05) is 5.73 Å². The van der Waals surface area contributed by atoms with E-state index in [-0.39, 0.29) is 0 Å². The van der Waals surface area contributed by atoms with Crippen molar-refractivity contribution in [2.24, 2.45) is 0 Å². The minimum atomic E-state index is -1.34. The molecule has 0 N–H and O–H groups in total. The smallest absolute Gasteiger partial charge is 0.186 e. The zero-order valence-electron chi connectivity index (χ0n) is 10.4. The molecular formula is C10H26OSi2. The number of hydrogen-bond acceptors (Lipinski definition) is 1. The van der Waals surface area contributed by atoms with Crippen LogP contribution in [0.15, 0.2) is 0 Å². The van der Waals surface area contributed by atoms with Crippen LogP contribution in [0.4, 0.5) is 0 Å². The minimum absolute atomic E-state index is 0.564. The predicted octanol–water partition coefficient (Wildman–Crippen LogP) is 3.88. The standard InChI is InChI=1S/C10H26OSi2/c1-8-10(12(3,4)5)11-13(6,7)9-2/h10H,8-9H2,1-7H3. The van der Waals surface area contributed by atoms with Gasteiger partial charge in [0.05, 0.1) is 8.07 Å². The summed E-state index contributed by atoms with van der Waals surface area (Å²) in [4.78, 5) is 0. The molecule has 1 unspecified atom stereocenters. The van der Waals surface area contributed by atoms with Crippen LogP contribution in [0.1, 0.15) is 20.3 Å². The van der Waals surface area contributed by atoms with Gasteiger partial charge in [-0.25, -0.2) is 0 Å². The molecule has 0 aliphatic heterocycles. The van der Waals surface area contributed by atoms with Crippen LogP contribution in [0.25, 0.3) is 0 Å². The number of hydrogen-bond donors (Lipinski definition) is 0. The van der Waals surface area contributed by atoms with Gasteiger partial charge in [-0.15, -0.1) is 0 Å². The Hall–Kier alpha value is 0.394. The highest BCUT2D eigenvalue weighted by molar-refractivity contribution is 6.79. The largest absolute Gasteiger partial charge is 0.418 e. The predicted molar refractivity (Wildman–Crippen MR) is 66.5 cm³/mol. The van der Waals surface area contributed by atoms with E-state index in [0.717, 1.165) is 0 Å². The quantitative estimate of drug-likeness (QED) is 0.636. The molecule has 1 nitrogen and oxygen atoms in total. The highest BCUT2D eigenvalue weighted by Gasteiger charge is 2.31. The number of rotatable bonds is 5. The van der Waals surface area contributed by atoms with Crippen LogP contribution in [-0.2, 0) is 4.43 Å². The van der Waals surface area contributed by atoms with E-state index >= 15 is 0 Å². The molecule has 0 aromatic heterocycles. The van der Waals surface area contributed by atoms with E-state index in [1.807, 2.05) is 0 Å². The Bertz CT molecular complexity index is 149. The zero-order valence-corrected chi connectivity index (χ0v) is 12.4. The molecule has 0 heterocycles. The van der Waals surface area contributed by atoms with Crippen molar-refractivity contribution < 1.29 is 4.43 Å². The summed E-state index contributed by atoms with van der Waals surface area (Å²) in [5, 5.41) is 0. The van der Waals surface area contributed by atoms with Gasteiger partial charge in [0.25, 0.3) is 0 Å². The second-order valence-corrected chi connectivity index (χ2v) is 15.3.